The SMILES string of the molecule is Cc1cn2c(n1)c(C(N)=O)cc1ccccc12. The molecule has 3 rings (SSSR count). The van der Waals surface area contributed by atoms with Crippen LogP contribution >= 0.6 is 0 Å². The number of para-hydroxylation sites is 1. The number of aromatic nitrogens is 2. The quantitative estimate of drug-likeness (QED) is 0.687. The van der Waals surface area contributed by atoms with Crippen molar-refractivity contribution in [3.63, 3.8) is 0 Å². The molecular weight excluding hydrogens is 214 g/mol. The molecule has 0 unspecified atom stereocenters. The maximum Gasteiger partial charge on any atom is 0.252 e. The predicted molar refractivity (Wildman–Crippen MR) is 66.0 cm³/mol. The van der Waals surface area contributed by atoms with Gasteiger partial charge in [0, 0.05) is 6.20 Å². The zero-order valence-electron chi connectivity index (χ0n) is 9.34. The summed E-state index contributed by atoms with van der Waals surface area (Å²) in [5, 5.41) is 0.978. The number of pyridine rings is 1. The van der Waals surface area contributed by atoms with Gasteiger partial charge in [-0.25, -0.2) is 4.98 Å². The minimum Gasteiger partial charge on any atom is -0.365 e. The average molecular weight is 225 g/mol. The normalized spacial score (nSPS) is 11.1. The lowest BCUT2D eigenvalue weighted by Crippen LogP contribution is -2.12. The van der Waals surface area contributed by atoms with E-state index in [0.29, 0.717) is 11.2 Å². The Morgan fingerprint density at radius 3 is 2.88 bits per heavy atom. The summed E-state index contributed by atoms with van der Waals surface area (Å²) in [5.41, 5.74) is 8.35. The lowest BCUT2D eigenvalue weighted by molar-refractivity contribution is 0.100. The monoisotopic (exact) mass is 225 g/mol. The van der Waals surface area contributed by atoms with Crippen molar-refractivity contribution in [1.82, 2.24) is 9.38 Å². The molecular formula is C13H11N3O. The van der Waals surface area contributed by atoms with Crippen LogP contribution in [0.2, 0.25) is 0 Å². The molecule has 84 valence electrons. The maximum atomic E-state index is 11.4. The van der Waals surface area contributed by atoms with Crippen LogP contribution in [0.15, 0.2) is 36.5 Å². The molecule has 17 heavy (non-hydrogen) atoms. The van der Waals surface area contributed by atoms with E-state index in [2.05, 4.69) is 4.98 Å². The molecule has 0 spiro atoms. The number of nitrogens with two attached hydrogens (primary N) is 1. The van der Waals surface area contributed by atoms with Gasteiger partial charge in [0.05, 0.1) is 16.8 Å². The summed E-state index contributed by atoms with van der Waals surface area (Å²) in [7, 11) is 0. The maximum absolute atomic E-state index is 11.4. The largest absolute Gasteiger partial charge is 0.365 e. The van der Waals surface area contributed by atoms with Crippen molar-refractivity contribution < 1.29 is 4.79 Å². The molecule has 2 aromatic heterocycles. The number of hydrogen-bond donors (Lipinski definition) is 1. The number of amides is 1. The molecule has 0 aliphatic rings. The van der Waals surface area contributed by atoms with Crippen molar-refractivity contribution in [1.29, 1.82) is 0 Å². The fraction of sp³-hybridized carbons (Fsp3) is 0.0769. The number of rotatable bonds is 1. The van der Waals surface area contributed by atoms with Crippen molar-refractivity contribution >= 4 is 22.5 Å². The molecule has 3 aromatic rings. The topological polar surface area (TPSA) is 60.4 Å². The van der Waals surface area contributed by atoms with Crippen molar-refractivity contribution in [3.8, 4) is 0 Å². The first-order chi connectivity index (χ1) is 8.16. The fourth-order valence-corrected chi connectivity index (χ4v) is 2.10. The van der Waals surface area contributed by atoms with Crippen LogP contribution in [0.1, 0.15) is 16.1 Å². The number of fused-ring (bicyclic) bond motifs is 3. The molecule has 2 heterocycles. The Labute approximate surface area is 97.7 Å². The fourth-order valence-electron chi connectivity index (χ4n) is 2.10. The summed E-state index contributed by atoms with van der Waals surface area (Å²) in [6, 6.07) is 9.63. The molecule has 1 aromatic carbocycles. The second-order valence-corrected chi connectivity index (χ2v) is 4.06. The number of benzene rings is 1. The zero-order chi connectivity index (χ0) is 12.0. The summed E-state index contributed by atoms with van der Waals surface area (Å²) in [4.78, 5) is 15.8. The number of hydrogen-bond acceptors (Lipinski definition) is 2. The summed E-state index contributed by atoms with van der Waals surface area (Å²) in [6.07, 6.45) is 1.91. The summed E-state index contributed by atoms with van der Waals surface area (Å²) < 4.78 is 1.91. The highest BCUT2D eigenvalue weighted by atomic mass is 16.1. The Balaban J connectivity index is 2.58. The third-order valence-electron chi connectivity index (χ3n) is 2.83. The zero-order valence-corrected chi connectivity index (χ0v) is 9.34. The van der Waals surface area contributed by atoms with Crippen LogP contribution in [0.4, 0.5) is 0 Å². The number of carbonyl (C=O) groups is 1. The standard InChI is InChI=1S/C13H11N3O/c1-8-7-16-11-5-3-2-4-9(11)6-10(12(14)17)13(16)15-8/h2-7H,1H3,(H2,14,17). The van der Waals surface area contributed by atoms with Crippen molar-refractivity contribution in [3.05, 3.63) is 47.8 Å². The second-order valence-electron chi connectivity index (χ2n) is 4.06. The van der Waals surface area contributed by atoms with Gasteiger partial charge in [-0.3, -0.25) is 9.20 Å². The molecule has 0 saturated heterocycles. The van der Waals surface area contributed by atoms with Gasteiger partial charge in [-0.2, -0.15) is 0 Å². The minimum absolute atomic E-state index is 0.452. The van der Waals surface area contributed by atoms with Crippen molar-refractivity contribution in [2.24, 2.45) is 5.73 Å². The molecule has 0 bridgehead atoms. The van der Waals surface area contributed by atoms with Crippen molar-refractivity contribution in [2.45, 2.75) is 6.92 Å². The van der Waals surface area contributed by atoms with E-state index in [0.717, 1.165) is 16.6 Å². The van der Waals surface area contributed by atoms with E-state index in [1.165, 1.54) is 0 Å². The third kappa shape index (κ3) is 1.38. The Morgan fingerprint density at radius 1 is 1.35 bits per heavy atom. The first kappa shape index (κ1) is 9.84. The Hall–Kier alpha value is -2.36. The first-order valence-electron chi connectivity index (χ1n) is 5.34. The van der Waals surface area contributed by atoms with Gasteiger partial charge in [0.1, 0.15) is 5.65 Å². The van der Waals surface area contributed by atoms with E-state index >= 15 is 0 Å². The van der Waals surface area contributed by atoms with Gasteiger partial charge in [-0.1, -0.05) is 18.2 Å². The third-order valence-corrected chi connectivity index (χ3v) is 2.83. The van der Waals surface area contributed by atoms with Gasteiger partial charge in [0.15, 0.2) is 0 Å². The minimum atomic E-state index is -0.452. The molecule has 0 radical (unpaired) electrons. The second kappa shape index (κ2) is 3.31. The highest BCUT2D eigenvalue weighted by Crippen LogP contribution is 2.20. The molecule has 0 aliphatic heterocycles. The first-order valence-corrected chi connectivity index (χ1v) is 5.34. The van der Waals surface area contributed by atoms with E-state index in [1.807, 2.05) is 41.8 Å². The van der Waals surface area contributed by atoms with Crippen molar-refractivity contribution in [2.75, 3.05) is 0 Å². The number of imidazole rings is 1. The van der Waals surface area contributed by atoms with Gasteiger partial charge in [0.2, 0.25) is 0 Å². The van der Waals surface area contributed by atoms with Crippen LogP contribution in [0, 0.1) is 6.92 Å². The van der Waals surface area contributed by atoms with Crippen LogP contribution in [-0.4, -0.2) is 15.3 Å². The smallest absolute Gasteiger partial charge is 0.252 e. The van der Waals surface area contributed by atoms with Gasteiger partial charge in [0.25, 0.3) is 5.91 Å². The van der Waals surface area contributed by atoms with Gasteiger partial charge < -0.3 is 5.73 Å². The lowest BCUT2D eigenvalue weighted by Gasteiger charge is -2.05. The molecule has 0 saturated carbocycles. The molecule has 4 nitrogen and oxygen atoms in total. The number of aryl methyl sites for hydroxylation is 1. The molecule has 0 atom stereocenters. The van der Waals surface area contributed by atoms with E-state index < -0.39 is 5.91 Å². The summed E-state index contributed by atoms with van der Waals surface area (Å²) in [6.45, 7) is 1.90. The Morgan fingerprint density at radius 2 is 2.12 bits per heavy atom. The molecule has 0 fully saturated rings. The number of carbonyl (C=O) groups excluding carboxylic acids is 1. The average Bonchev–Trinajstić information content (AvgIpc) is 2.69. The Bertz CT molecular complexity index is 743. The van der Waals surface area contributed by atoms with Crippen LogP contribution in [0.3, 0.4) is 0 Å². The van der Waals surface area contributed by atoms with Gasteiger partial charge in [-0.05, 0) is 24.4 Å². The van der Waals surface area contributed by atoms with E-state index in [-0.39, 0.29) is 0 Å². The van der Waals surface area contributed by atoms with E-state index in [1.54, 1.807) is 6.07 Å². The van der Waals surface area contributed by atoms with Gasteiger partial charge in [-0.15, -0.1) is 0 Å². The van der Waals surface area contributed by atoms with Crippen LogP contribution in [0.25, 0.3) is 16.6 Å². The summed E-state index contributed by atoms with van der Waals surface area (Å²) >= 11 is 0. The molecule has 2 N–H and O–H groups in total. The Kier molecular flexibility index (Phi) is 1.92. The highest BCUT2D eigenvalue weighted by Gasteiger charge is 2.12. The van der Waals surface area contributed by atoms with Gasteiger partial charge >= 0.3 is 0 Å². The van der Waals surface area contributed by atoms with Crippen LogP contribution in [0.5, 0.6) is 0 Å². The van der Waals surface area contributed by atoms with E-state index in [9.17, 15) is 4.79 Å². The molecule has 4 heteroatoms. The number of primary amides is 1. The predicted octanol–water partition coefficient (Wildman–Crippen LogP) is 1.89. The summed E-state index contributed by atoms with van der Waals surface area (Å²) in [5.74, 6) is -0.452. The van der Waals surface area contributed by atoms with Crippen LogP contribution < -0.4 is 5.73 Å². The molecule has 0 aliphatic carbocycles. The number of nitrogens with zero attached hydrogens (tertiary/aromatic N) is 2. The lowest BCUT2D eigenvalue weighted by atomic mass is 10.1. The molecule has 1 amide bonds. The highest BCUT2D eigenvalue weighted by molar-refractivity contribution is 6.02. The van der Waals surface area contributed by atoms with E-state index in [4.69, 9.17) is 5.73 Å². The van der Waals surface area contributed by atoms with Crippen LogP contribution in [-0.2, 0) is 0 Å².